The Hall–Kier alpha value is 0.0200. The maximum Gasteiger partial charge on any atom is 0.0542 e. The lowest BCUT2D eigenvalue weighted by Crippen LogP contribution is -1.69. The molecule has 0 atom stereocenters. The summed E-state index contributed by atoms with van der Waals surface area (Å²) in [5.74, 6) is 1.19. The molecule has 1 nitrogen and oxygen atoms in total. The van der Waals surface area contributed by atoms with Crippen LogP contribution in [0, 0.1) is 0 Å². The summed E-state index contributed by atoms with van der Waals surface area (Å²) in [6, 6.07) is 0. The van der Waals surface area contributed by atoms with Gasteiger partial charge in [0.05, 0.1) is 5.55 Å². The van der Waals surface area contributed by atoms with Crippen LogP contribution in [0.1, 0.15) is 41.5 Å². The van der Waals surface area contributed by atoms with Gasteiger partial charge in [-0.1, -0.05) is 41.5 Å². The van der Waals surface area contributed by atoms with Crippen LogP contribution in [0.15, 0.2) is 4.99 Å². The van der Waals surface area contributed by atoms with Crippen molar-refractivity contribution < 1.29 is 0 Å². The molecule has 0 unspecified atom stereocenters. The molecular formula is C9H23NS. The van der Waals surface area contributed by atoms with Gasteiger partial charge < -0.3 is 0 Å². The van der Waals surface area contributed by atoms with E-state index in [0.717, 1.165) is 6.54 Å². The van der Waals surface area contributed by atoms with Crippen molar-refractivity contribution in [2.24, 2.45) is 4.99 Å². The lowest BCUT2D eigenvalue weighted by Gasteiger charge is -1.67. The zero-order chi connectivity index (χ0) is 9.54. The normalized spacial score (nSPS) is 11.1. The van der Waals surface area contributed by atoms with Gasteiger partial charge in [-0.3, -0.25) is 4.99 Å². The fourth-order valence-corrected chi connectivity index (χ4v) is 0.791. The Bertz CT molecular complexity index is 47.5. The van der Waals surface area contributed by atoms with Gasteiger partial charge in [-0.15, -0.1) is 11.8 Å². The van der Waals surface area contributed by atoms with Crippen LogP contribution in [0.3, 0.4) is 0 Å². The number of aliphatic imine (C=N–C) groups is 1. The Kier molecular flexibility index (Phi) is 50.6. The molecule has 0 saturated carbocycles. The first kappa shape index (κ1) is 17.2. The fourth-order valence-electron chi connectivity index (χ4n) is 0.264. The largest absolute Gasteiger partial charge is 0.285 e. The zero-order valence-corrected chi connectivity index (χ0v) is 9.66. The lowest BCUT2D eigenvalue weighted by molar-refractivity contribution is 1.18. The van der Waals surface area contributed by atoms with Crippen LogP contribution in [0.5, 0.6) is 0 Å². The summed E-state index contributed by atoms with van der Waals surface area (Å²) in [6.45, 7) is 13.0. The average Bonchev–Trinajstić information content (AvgIpc) is 2.71. The summed E-state index contributed by atoms with van der Waals surface area (Å²) in [4.78, 5) is 3.92. The molecule has 0 saturated heterocycles. The Morgan fingerprint density at radius 2 is 1.45 bits per heavy atom. The molecule has 11 heavy (non-hydrogen) atoms. The second kappa shape index (κ2) is 32.3. The van der Waals surface area contributed by atoms with E-state index in [1.54, 1.807) is 11.8 Å². The molecule has 0 bridgehead atoms. The molecule has 0 aliphatic carbocycles. The van der Waals surface area contributed by atoms with Crippen LogP contribution in [0.25, 0.3) is 0 Å². The molecule has 1 aliphatic heterocycles. The minimum absolute atomic E-state index is 1.03. The third kappa shape index (κ3) is 25.6. The van der Waals surface area contributed by atoms with Gasteiger partial charge >= 0.3 is 0 Å². The van der Waals surface area contributed by atoms with E-state index in [-0.39, 0.29) is 0 Å². The van der Waals surface area contributed by atoms with Crippen molar-refractivity contribution in [3.8, 4) is 0 Å². The summed E-state index contributed by atoms with van der Waals surface area (Å²) >= 11 is 1.78. The standard InChI is InChI=1S/C3H5NS.3C2H6/c1-2-5-3-4-1;3*1-2/h3H,1-2H2;3*1-2H3. The molecular weight excluding hydrogens is 154 g/mol. The first-order chi connectivity index (χ1) is 5.50. The van der Waals surface area contributed by atoms with Gasteiger partial charge in [0.15, 0.2) is 0 Å². The van der Waals surface area contributed by atoms with Crippen LogP contribution in [0.4, 0.5) is 0 Å². The van der Waals surface area contributed by atoms with E-state index in [0.29, 0.717) is 0 Å². The van der Waals surface area contributed by atoms with Crippen LogP contribution in [0.2, 0.25) is 0 Å². The molecule has 70 valence electrons. The van der Waals surface area contributed by atoms with Gasteiger partial charge in [-0.05, 0) is 0 Å². The van der Waals surface area contributed by atoms with Crippen LogP contribution in [-0.2, 0) is 0 Å². The highest BCUT2D eigenvalue weighted by Crippen LogP contribution is 1.99. The topological polar surface area (TPSA) is 12.4 Å². The van der Waals surface area contributed by atoms with Crippen molar-refractivity contribution >= 4 is 17.3 Å². The first-order valence-electron chi connectivity index (χ1n) is 4.60. The second-order valence-electron chi connectivity index (χ2n) is 0.882. The van der Waals surface area contributed by atoms with Crippen molar-refractivity contribution in [1.82, 2.24) is 0 Å². The highest BCUT2D eigenvalue weighted by atomic mass is 32.2. The predicted molar refractivity (Wildman–Crippen MR) is 59.9 cm³/mol. The molecule has 2 heteroatoms. The van der Waals surface area contributed by atoms with Gasteiger partial charge in [0.2, 0.25) is 0 Å². The molecule has 0 aromatic carbocycles. The van der Waals surface area contributed by atoms with Crippen LogP contribution >= 0.6 is 11.8 Å². The third-order valence-electron chi connectivity index (χ3n) is 0.487. The Balaban J connectivity index is -0.0000000933. The number of nitrogens with zero attached hydrogens (tertiary/aromatic N) is 1. The Morgan fingerprint density at radius 3 is 1.55 bits per heavy atom. The predicted octanol–water partition coefficient (Wildman–Crippen LogP) is 3.84. The fraction of sp³-hybridized carbons (Fsp3) is 0.889. The van der Waals surface area contributed by atoms with Gasteiger partial charge in [0, 0.05) is 12.3 Å². The van der Waals surface area contributed by atoms with Crippen LogP contribution < -0.4 is 0 Å². The van der Waals surface area contributed by atoms with Crippen molar-refractivity contribution in [1.29, 1.82) is 0 Å². The van der Waals surface area contributed by atoms with Crippen molar-refractivity contribution in [2.45, 2.75) is 41.5 Å². The summed E-state index contributed by atoms with van der Waals surface area (Å²) in [5, 5.41) is 0. The number of rotatable bonds is 0. The van der Waals surface area contributed by atoms with E-state index in [1.807, 2.05) is 47.1 Å². The summed E-state index contributed by atoms with van der Waals surface area (Å²) in [6.07, 6.45) is 0. The summed E-state index contributed by atoms with van der Waals surface area (Å²) < 4.78 is 0. The van der Waals surface area contributed by atoms with E-state index in [4.69, 9.17) is 0 Å². The van der Waals surface area contributed by atoms with E-state index in [2.05, 4.69) is 4.99 Å². The van der Waals surface area contributed by atoms with Gasteiger partial charge in [-0.2, -0.15) is 0 Å². The second-order valence-corrected chi connectivity index (χ2v) is 1.83. The molecule has 0 radical (unpaired) electrons. The SMILES string of the molecule is C1=NCCS1.CC.CC.CC. The molecule has 0 amide bonds. The van der Waals surface area contributed by atoms with Crippen LogP contribution in [-0.4, -0.2) is 17.8 Å². The van der Waals surface area contributed by atoms with Gasteiger partial charge in [-0.25, -0.2) is 0 Å². The van der Waals surface area contributed by atoms with E-state index in [9.17, 15) is 0 Å². The highest BCUT2D eigenvalue weighted by Gasteiger charge is 1.86. The molecule has 0 fully saturated rings. The van der Waals surface area contributed by atoms with Gasteiger partial charge in [0.1, 0.15) is 0 Å². The van der Waals surface area contributed by atoms with E-state index in [1.165, 1.54) is 5.75 Å². The first-order valence-corrected chi connectivity index (χ1v) is 5.65. The molecule has 0 aromatic rings. The Morgan fingerprint density at radius 1 is 1.00 bits per heavy atom. The van der Waals surface area contributed by atoms with Crippen molar-refractivity contribution in [3.05, 3.63) is 0 Å². The summed E-state index contributed by atoms with van der Waals surface area (Å²) in [7, 11) is 0. The molecule has 0 aromatic heterocycles. The zero-order valence-electron chi connectivity index (χ0n) is 8.85. The molecule has 1 rings (SSSR count). The number of hydrogen-bond acceptors (Lipinski definition) is 2. The smallest absolute Gasteiger partial charge is 0.0542 e. The number of thioether (sulfide) groups is 1. The van der Waals surface area contributed by atoms with E-state index < -0.39 is 0 Å². The minimum atomic E-state index is 1.03. The molecule has 0 N–H and O–H groups in total. The molecule has 1 aliphatic rings. The van der Waals surface area contributed by atoms with Crippen molar-refractivity contribution in [2.75, 3.05) is 12.3 Å². The Labute approximate surface area is 76.7 Å². The minimum Gasteiger partial charge on any atom is -0.285 e. The monoisotopic (exact) mass is 177 g/mol. The van der Waals surface area contributed by atoms with E-state index >= 15 is 0 Å². The van der Waals surface area contributed by atoms with Gasteiger partial charge in [0.25, 0.3) is 0 Å². The van der Waals surface area contributed by atoms with Crippen molar-refractivity contribution in [3.63, 3.8) is 0 Å². The molecule has 0 spiro atoms. The highest BCUT2D eigenvalue weighted by molar-refractivity contribution is 8.12. The maximum atomic E-state index is 3.92. The third-order valence-corrected chi connectivity index (χ3v) is 1.20. The quantitative estimate of drug-likeness (QED) is 0.547. The average molecular weight is 177 g/mol. The summed E-state index contributed by atoms with van der Waals surface area (Å²) in [5.41, 5.74) is 1.90. The lowest BCUT2D eigenvalue weighted by atomic mass is 10.8. The number of hydrogen-bond donors (Lipinski definition) is 0. The molecule has 1 heterocycles. The maximum absolute atomic E-state index is 3.92.